The van der Waals surface area contributed by atoms with Gasteiger partial charge < -0.3 is 25.8 Å². The molecule has 0 aliphatic rings. The van der Waals surface area contributed by atoms with Gasteiger partial charge in [-0.2, -0.15) is 0 Å². The van der Waals surface area contributed by atoms with Crippen LogP contribution in [-0.4, -0.2) is 54.1 Å². The van der Waals surface area contributed by atoms with Gasteiger partial charge >= 0.3 is 11.9 Å². The van der Waals surface area contributed by atoms with Gasteiger partial charge in [0.05, 0.1) is 5.57 Å². The van der Waals surface area contributed by atoms with Gasteiger partial charge in [0.15, 0.2) is 0 Å². The molecule has 9 heteroatoms. The van der Waals surface area contributed by atoms with E-state index in [1.807, 2.05) is 0 Å². The van der Waals surface area contributed by atoms with Crippen LogP contribution < -0.4 is 11.5 Å². The third kappa shape index (κ3) is 11.4. The van der Waals surface area contributed by atoms with E-state index >= 15 is 0 Å². The Kier molecular flexibility index (Phi) is 12.6. The van der Waals surface area contributed by atoms with Gasteiger partial charge in [0.2, 0.25) is 0 Å². The van der Waals surface area contributed by atoms with E-state index in [1.54, 1.807) is 27.7 Å². The van der Waals surface area contributed by atoms with Crippen LogP contribution in [0.15, 0.2) is 23.9 Å². The molecule has 0 aromatic rings. The molecule has 1 amide bonds. The number of esters is 2. The van der Waals surface area contributed by atoms with Crippen molar-refractivity contribution < 1.29 is 23.9 Å². The molecule has 0 heterocycles. The van der Waals surface area contributed by atoms with Gasteiger partial charge in [-0.15, -0.1) is 12.4 Å². The number of carbonyl (C=O) groups is 3. The van der Waals surface area contributed by atoms with Crippen molar-refractivity contribution >= 4 is 30.3 Å². The minimum atomic E-state index is -0.896. The molecule has 0 aromatic carbocycles. The molecule has 0 aliphatic carbocycles. The number of amides is 1. The number of nitrogens with zero attached hydrogens (tertiary/aromatic N) is 1. The molecule has 0 aliphatic heterocycles. The van der Waals surface area contributed by atoms with Gasteiger partial charge in [0, 0.05) is 24.9 Å². The van der Waals surface area contributed by atoms with Crippen molar-refractivity contribution in [3.63, 3.8) is 0 Å². The summed E-state index contributed by atoms with van der Waals surface area (Å²) in [7, 11) is 0. The lowest BCUT2D eigenvalue weighted by Crippen LogP contribution is -2.40. The van der Waals surface area contributed by atoms with Crippen molar-refractivity contribution in [2.75, 3.05) is 19.7 Å². The number of hydrogen-bond acceptors (Lipinski definition) is 7. The maximum Gasteiger partial charge on any atom is 0.335 e. The Balaban J connectivity index is 0. The van der Waals surface area contributed by atoms with Crippen LogP contribution in [-0.2, 0) is 23.9 Å². The van der Waals surface area contributed by atoms with Crippen LogP contribution in [0.3, 0.4) is 0 Å². The zero-order valence-corrected chi connectivity index (χ0v) is 17.6. The first kappa shape index (κ1) is 27.3. The molecule has 27 heavy (non-hydrogen) atoms. The molecule has 4 N–H and O–H groups in total. The summed E-state index contributed by atoms with van der Waals surface area (Å²) in [6, 6.07) is -0.896. The van der Waals surface area contributed by atoms with E-state index in [1.165, 1.54) is 18.0 Å². The van der Waals surface area contributed by atoms with Gasteiger partial charge in [-0.3, -0.25) is 9.59 Å². The third-order valence-corrected chi connectivity index (χ3v) is 3.04. The molecule has 0 saturated heterocycles. The zero-order chi connectivity index (χ0) is 20.5. The Labute approximate surface area is 167 Å². The Hall–Kier alpha value is -1.90. The van der Waals surface area contributed by atoms with Gasteiger partial charge in [0.25, 0.3) is 5.91 Å². The second-order valence-corrected chi connectivity index (χ2v) is 6.94. The summed E-state index contributed by atoms with van der Waals surface area (Å²) in [6.45, 7) is 12.3. The van der Waals surface area contributed by atoms with Crippen LogP contribution in [0, 0.1) is 0 Å². The summed E-state index contributed by atoms with van der Waals surface area (Å²) in [4.78, 5) is 37.3. The average Bonchev–Trinajstić information content (AvgIpc) is 2.53. The third-order valence-electron chi connectivity index (χ3n) is 3.04. The van der Waals surface area contributed by atoms with Crippen LogP contribution in [0.2, 0.25) is 0 Å². The maximum absolute atomic E-state index is 12.3. The van der Waals surface area contributed by atoms with Gasteiger partial charge in [-0.25, -0.2) is 4.79 Å². The van der Waals surface area contributed by atoms with E-state index in [4.69, 9.17) is 20.9 Å². The van der Waals surface area contributed by atoms with E-state index in [9.17, 15) is 14.4 Å². The van der Waals surface area contributed by atoms with Crippen LogP contribution in [0.1, 0.15) is 41.0 Å². The van der Waals surface area contributed by atoms with Crippen LogP contribution in [0.25, 0.3) is 0 Å². The Morgan fingerprint density at radius 3 is 2.22 bits per heavy atom. The molecular weight excluding hydrogens is 374 g/mol. The summed E-state index contributed by atoms with van der Waals surface area (Å²) >= 11 is 0. The van der Waals surface area contributed by atoms with Gasteiger partial charge in [0.1, 0.15) is 18.2 Å². The fourth-order valence-corrected chi connectivity index (χ4v) is 1.80. The highest BCUT2D eigenvalue weighted by Crippen LogP contribution is 2.11. The Morgan fingerprint density at radius 1 is 1.22 bits per heavy atom. The SMILES string of the molecule is C=C(C)C(=O)N(C=C(C)C(=O)OCCN)CCC(N)C(=O)OC(C)(C)C.Cl. The molecule has 1 atom stereocenters. The van der Waals surface area contributed by atoms with Crippen molar-refractivity contribution in [3.8, 4) is 0 Å². The smallest absolute Gasteiger partial charge is 0.335 e. The summed E-state index contributed by atoms with van der Waals surface area (Å²) in [5.74, 6) is -1.51. The predicted molar refractivity (Wildman–Crippen MR) is 106 cm³/mol. The summed E-state index contributed by atoms with van der Waals surface area (Å²) < 4.78 is 10.1. The molecule has 0 aromatic heterocycles. The molecule has 0 bridgehead atoms. The van der Waals surface area contributed by atoms with Crippen LogP contribution in [0.4, 0.5) is 0 Å². The molecule has 156 valence electrons. The van der Waals surface area contributed by atoms with Crippen molar-refractivity contribution in [3.05, 3.63) is 23.9 Å². The lowest BCUT2D eigenvalue weighted by molar-refractivity contribution is -0.156. The number of halogens is 1. The lowest BCUT2D eigenvalue weighted by atomic mass is 10.1. The van der Waals surface area contributed by atoms with Crippen LogP contribution in [0.5, 0.6) is 0 Å². The predicted octanol–water partition coefficient (Wildman–Crippen LogP) is 1.28. The normalized spacial score (nSPS) is 12.5. The maximum atomic E-state index is 12.3. The molecule has 0 saturated carbocycles. The highest BCUT2D eigenvalue weighted by Gasteiger charge is 2.23. The first-order valence-corrected chi connectivity index (χ1v) is 8.39. The molecular formula is C18H32ClN3O5. The molecule has 0 radical (unpaired) electrons. The number of carbonyl (C=O) groups excluding carboxylic acids is 3. The fourth-order valence-electron chi connectivity index (χ4n) is 1.80. The quantitative estimate of drug-likeness (QED) is 0.437. The molecule has 0 rings (SSSR count). The number of hydrogen-bond donors (Lipinski definition) is 2. The standard InChI is InChI=1S/C18H31N3O5.ClH/c1-12(2)15(22)21(11-13(3)16(23)25-10-8-19)9-7-14(20)17(24)26-18(4,5)6;/h11,14H,1,7-10,19-20H2,2-6H3;1H. The largest absolute Gasteiger partial charge is 0.461 e. The molecule has 8 nitrogen and oxygen atoms in total. The Bertz CT molecular complexity index is 570. The monoisotopic (exact) mass is 405 g/mol. The average molecular weight is 406 g/mol. The van der Waals surface area contributed by atoms with Crippen molar-refractivity contribution in [1.82, 2.24) is 4.90 Å². The lowest BCUT2D eigenvalue weighted by Gasteiger charge is -2.24. The minimum absolute atomic E-state index is 0. The van der Waals surface area contributed by atoms with E-state index in [0.29, 0.717) is 0 Å². The molecule has 0 spiro atoms. The fraction of sp³-hybridized carbons (Fsp3) is 0.611. The van der Waals surface area contributed by atoms with Crippen molar-refractivity contribution in [1.29, 1.82) is 0 Å². The highest BCUT2D eigenvalue weighted by molar-refractivity contribution is 5.94. The van der Waals surface area contributed by atoms with Crippen molar-refractivity contribution in [2.24, 2.45) is 11.5 Å². The summed E-state index contributed by atoms with van der Waals surface area (Å²) in [6.07, 6.45) is 1.52. The van der Waals surface area contributed by atoms with Crippen LogP contribution >= 0.6 is 12.4 Å². The first-order chi connectivity index (χ1) is 11.9. The van der Waals surface area contributed by atoms with E-state index in [0.717, 1.165) is 0 Å². The number of nitrogens with two attached hydrogens (primary N) is 2. The van der Waals surface area contributed by atoms with Gasteiger partial charge in [-0.05, 0) is 41.0 Å². The van der Waals surface area contributed by atoms with E-state index < -0.39 is 23.6 Å². The minimum Gasteiger partial charge on any atom is -0.461 e. The Morgan fingerprint density at radius 2 is 1.78 bits per heavy atom. The number of ether oxygens (including phenoxy) is 2. The topological polar surface area (TPSA) is 125 Å². The van der Waals surface area contributed by atoms with E-state index in [-0.39, 0.29) is 55.6 Å². The van der Waals surface area contributed by atoms with E-state index in [2.05, 4.69) is 6.58 Å². The summed E-state index contributed by atoms with van der Waals surface area (Å²) in [5.41, 5.74) is 11.0. The zero-order valence-electron chi connectivity index (χ0n) is 16.7. The second-order valence-electron chi connectivity index (χ2n) is 6.94. The number of rotatable bonds is 9. The molecule has 1 unspecified atom stereocenters. The first-order valence-electron chi connectivity index (χ1n) is 8.39. The van der Waals surface area contributed by atoms with Gasteiger partial charge in [-0.1, -0.05) is 6.58 Å². The second kappa shape index (κ2) is 12.5. The summed E-state index contributed by atoms with van der Waals surface area (Å²) in [5, 5.41) is 0. The van der Waals surface area contributed by atoms with Crippen molar-refractivity contribution in [2.45, 2.75) is 52.7 Å². The highest BCUT2D eigenvalue weighted by atomic mass is 35.5. The molecule has 0 fully saturated rings.